The van der Waals surface area contributed by atoms with Crippen LogP contribution in [0.3, 0.4) is 0 Å². The van der Waals surface area contributed by atoms with Gasteiger partial charge < -0.3 is 53.3 Å². The standard InChI is InChI=1S/C24H34N2O6.C23H27NO4.C10H18ClNO4/c1-23(2,3)32-21(27)25-13-18-14-26(22(28)29-18)17-9-6-15(7-10-17)16-8-11-19-20(12-16)31-24(4,5)30-19;1-23(2)27-20-13-10-18(14-21(20)28-23)17-8-11-19(12-9-17)24-22(25)26-15-16-6-4-3-5-7-16;1-7(13)15-8(5-11)6-12-9(14)16-10(2,3)4/h6-7,9-10,16,18-20H,8,11-14H2,1-5H3,(H,25,27);3-9,11-12,18,20-21H,10,13-15H2,1-2H3,(H,24,25);8H,5-6H2,1-4H3,(H,12,14)/t16?,18-,19?,20-;18?,20?,21-;8-/m001/s1. The second-order valence-corrected chi connectivity index (χ2v) is 22.9. The highest BCUT2D eigenvalue weighted by molar-refractivity contribution is 6.18. The van der Waals surface area contributed by atoms with Gasteiger partial charge in [-0.3, -0.25) is 15.0 Å². The average Bonchev–Trinajstić information content (AvgIpc) is 3.99. The number of cyclic esters (lactones) is 1. The first-order valence-electron chi connectivity index (χ1n) is 26.3. The van der Waals surface area contributed by atoms with Crippen molar-refractivity contribution in [3.8, 4) is 0 Å². The number of ether oxygens (including phenoxy) is 9. The van der Waals surface area contributed by atoms with Gasteiger partial charge in [0.2, 0.25) is 0 Å². The van der Waals surface area contributed by atoms with Gasteiger partial charge in [0.1, 0.15) is 30.0 Å². The molecule has 3 aliphatic heterocycles. The summed E-state index contributed by atoms with van der Waals surface area (Å²) in [5.74, 6) is -0.416. The number of hydrogen-bond donors (Lipinski definition) is 3. The van der Waals surface area contributed by atoms with E-state index in [2.05, 4.69) is 40.2 Å². The molecule has 19 heteroatoms. The van der Waals surface area contributed by atoms with E-state index in [4.69, 9.17) is 54.2 Å². The molecule has 0 bridgehead atoms. The van der Waals surface area contributed by atoms with E-state index in [-0.39, 0.29) is 50.0 Å². The van der Waals surface area contributed by atoms with E-state index in [9.17, 15) is 24.0 Å². The summed E-state index contributed by atoms with van der Waals surface area (Å²) in [6.07, 6.45) is 3.88. The van der Waals surface area contributed by atoms with Gasteiger partial charge in [-0.25, -0.2) is 19.2 Å². The third-order valence-electron chi connectivity index (χ3n) is 12.8. The Balaban J connectivity index is 0.000000196. The van der Waals surface area contributed by atoms with Crippen LogP contribution in [0, 0.1) is 0 Å². The van der Waals surface area contributed by atoms with E-state index in [0.29, 0.717) is 18.4 Å². The molecule has 2 saturated carbocycles. The van der Waals surface area contributed by atoms with Crippen LogP contribution in [-0.2, 0) is 54.0 Å². The Morgan fingerprint density at radius 1 is 0.684 bits per heavy atom. The van der Waals surface area contributed by atoms with E-state index in [0.717, 1.165) is 55.5 Å². The maximum atomic E-state index is 12.4. The second kappa shape index (κ2) is 26.1. The minimum atomic E-state index is -0.573. The van der Waals surface area contributed by atoms with Gasteiger partial charge in [0.25, 0.3) is 0 Å². The van der Waals surface area contributed by atoms with Gasteiger partial charge >= 0.3 is 30.3 Å². The Kier molecular flexibility index (Phi) is 20.5. The van der Waals surface area contributed by atoms with Crippen LogP contribution in [-0.4, -0.2) is 115 Å². The summed E-state index contributed by atoms with van der Waals surface area (Å²) < 4.78 is 49.8. The number of carbonyl (C=O) groups is 5. The molecule has 76 heavy (non-hydrogen) atoms. The number of halogens is 1. The molecule has 8 rings (SSSR count). The number of carbonyl (C=O) groups excluding carboxylic acids is 5. The first-order chi connectivity index (χ1) is 35.7. The zero-order valence-electron chi connectivity index (χ0n) is 45.9. The Hall–Kier alpha value is -5.66. The molecule has 418 valence electrons. The highest BCUT2D eigenvalue weighted by Gasteiger charge is 2.46. The van der Waals surface area contributed by atoms with Crippen molar-refractivity contribution in [3.63, 3.8) is 0 Å². The quantitative estimate of drug-likeness (QED) is 0.0876. The number of hydrogen-bond acceptors (Lipinski definition) is 14. The van der Waals surface area contributed by atoms with E-state index in [1.807, 2.05) is 82.3 Å². The van der Waals surface area contributed by atoms with Crippen LogP contribution in [0.5, 0.6) is 0 Å². The zero-order valence-corrected chi connectivity index (χ0v) is 46.7. The van der Waals surface area contributed by atoms with E-state index >= 15 is 0 Å². The molecule has 3 heterocycles. The number of fused-ring (bicyclic) bond motifs is 2. The Morgan fingerprint density at radius 2 is 1.18 bits per heavy atom. The maximum Gasteiger partial charge on any atom is 0.414 e. The lowest BCUT2D eigenvalue weighted by Gasteiger charge is -2.29. The molecule has 3 saturated heterocycles. The summed E-state index contributed by atoms with van der Waals surface area (Å²) in [7, 11) is 0. The zero-order chi connectivity index (χ0) is 55.4. The van der Waals surface area contributed by atoms with Gasteiger partial charge in [0.05, 0.1) is 49.9 Å². The number of amides is 4. The van der Waals surface area contributed by atoms with Crippen LogP contribution in [0.15, 0.2) is 78.9 Å². The van der Waals surface area contributed by atoms with Crippen molar-refractivity contribution < 1.29 is 66.6 Å². The summed E-state index contributed by atoms with van der Waals surface area (Å²) in [5.41, 5.74) is 3.88. The maximum absolute atomic E-state index is 12.4. The largest absolute Gasteiger partial charge is 0.459 e. The predicted octanol–water partition coefficient (Wildman–Crippen LogP) is 11.2. The van der Waals surface area contributed by atoms with Gasteiger partial charge in [-0.1, -0.05) is 54.6 Å². The predicted molar refractivity (Wildman–Crippen MR) is 286 cm³/mol. The molecule has 5 fully saturated rings. The molecule has 3 aromatic rings. The van der Waals surface area contributed by atoms with Crippen molar-refractivity contribution in [2.75, 3.05) is 35.7 Å². The molecule has 3 aromatic carbocycles. The summed E-state index contributed by atoms with van der Waals surface area (Å²) in [6, 6.07) is 25.8. The molecule has 8 atom stereocenters. The van der Waals surface area contributed by atoms with Gasteiger partial charge in [-0.15, -0.1) is 11.6 Å². The SMILES string of the molecule is CC(=O)O[C@H](CCl)CNC(=O)OC(C)(C)C.CC(C)(C)OC(=O)NC[C@H]1CN(c2ccc(C3CCC4OC(C)(C)O[C@H]4C3)cc2)C(=O)O1.CC1(C)OC2CCC(c3ccc(NC(=O)OCc4ccccc4)cc3)C[C@@H]2O1. The minimum absolute atomic E-state index is 0.120. The molecule has 0 spiro atoms. The smallest absolute Gasteiger partial charge is 0.414 e. The van der Waals surface area contributed by atoms with Crippen molar-refractivity contribution in [1.29, 1.82) is 0 Å². The lowest BCUT2D eigenvalue weighted by molar-refractivity contribution is -0.146. The van der Waals surface area contributed by atoms with Crippen molar-refractivity contribution in [2.45, 2.75) is 193 Å². The molecule has 0 aromatic heterocycles. The third-order valence-corrected chi connectivity index (χ3v) is 13.2. The van der Waals surface area contributed by atoms with E-state index < -0.39 is 65.3 Å². The number of alkyl halides is 1. The van der Waals surface area contributed by atoms with Gasteiger partial charge in [-0.2, -0.15) is 0 Å². The number of anilines is 2. The van der Waals surface area contributed by atoms with Crippen molar-refractivity contribution in [2.24, 2.45) is 0 Å². The highest BCUT2D eigenvalue weighted by atomic mass is 35.5. The lowest BCUT2D eigenvalue weighted by Crippen LogP contribution is -2.38. The lowest BCUT2D eigenvalue weighted by atomic mass is 9.81. The number of alkyl carbamates (subject to hydrolysis) is 2. The fourth-order valence-corrected chi connectivity index (χ4v) is 9.88. The monoisotopic (exact) mass is 1080 g/mol. The topological polar surface area (TPSA) is 208 Å². The molecule has 4 amide bonds. The number of benzene rings is 3. The van der Waals surface area contributed by atoms with Crippen LogP contribution in [0.1, 0.15) is 143 Å². The molecule has 0 radical (unpaired) electrons. The summed E-state index contributed by atoms with van der Waals surface area (Å²) >= 11 is 5.56. The first-order valence-corrected chi connectivity index (χ1v) is 26.8. The van der Waals surface area contributed by atoms with Gasteiger partial charge in [0, 0.05) is 18.3 Å². The number of esters is 1. The second-order valence-electron chi connectivity index (χ2n) is 22.6. The number of nitrogens with zero attached hydrogens (tertiary/aromatic N) is 1. The molecule has 2 aliphatic carbocycles. The molecule has 18 nitrogen and oxygen atoms in total. The molecule has 5 aliphatic rings. The van der Waals surface area contributed by atoms with Crippen molar-refractivity contribution >= 4 is 53.3 Å². The van der Waals surface area contributed by atoms with Crippen LogP contribution in [0.25, 0.3) is 0 Å². The Bertz CT molecular complexity index is 2390. The van der Waals surface area contributed by atoms with Crippen LogP contribution in [0.4, 0.5) is 30.6 Å². The van der Waals surface area contributed by atoms with Crippen LogP contribution >= 0.6 is 11.6 Å². The molecular weight excluding hydrogens is 1000 g/mol. The van der Waals surface area contributed by atoms with Crippen molar-refractivity contribution in [3.05, 3.63) is 95.6 Å². The fraction of sp³-hybridized carbons (Fsp3) is 0.596. The average molecular weight is 1080 g/mol. The Morgan fingerprint density at radius 3 is 1.68 bits per heavy atom. The number of nitrogens with one attached hydrogen (secondary N) is 3. The van der Waals surface area contributed by atoms with Crippen LogP contribution < -0.4 is 20.9 Å². The molecule has 3 N–H and O–H groups in total. The van der Waals surface area contributed by atoms with E-state index in [1.54, 1.807) is 46.4 Å². The number of rotatable bonds is 12. The summed E-state index contributed by atoms with van der Waals surface area (Å²) in [6.45, 7) is 20.9. The fourth-order valence-electron chi connectivity index (χ4n) is 9.71. The first kappa shape index (κ1) is 59.6. The normalized spacial score (nSPS) is 24.6. The summed E-state index contributed by atoms with van der Waals surface area (Å²) in [5, 5.41) is 7.92. The summed E-state index contributed by atoms with van der Waals surface area (Å²) in [4.78, 5) is 59.7. The van der Waals surface area contributed by atoms with Crippen LogP contribution in [0.2, 0.25) is 0 Å². The Labute approximate surface area is 452 Å². The highest BCUT2D eigenvalue weighted by Crippen LogP contribution is 2.44. The van der Waals surface area contributed by atoms with Gasteiger partial charge in [0.15, 0.2) is 11.6 Å². The third kappa shape index (κ3) is 19.1. The van der Waals surface area contributed by atoms with Crippen molar-refractivity contribution in [1.82, 2.24) is 10.6 Å². The van der Waals surface area contributed by atoms with E-state index in [1.165, 1.54) is 18.1 Å². The molecular formula is C57H79ClN4O14. The van der Waals surface area contributed by atoms with Gasteiger partial charge in [-0.05, 0) is 161 Å². The minimum Gasteiger partial charge on any atom is -0.459 e. The molecule has 4 unspecified atom stereocenters.